The standard InChI is InChI=1S/C22H26N6O/c1-22(2,3)18-7-5-17(6-8-18)21(29)27-15-13-26(14-16-27)19-9-10-20(25-24-19)28-12-4-11-23-28/h4-12H,13-16H2,1-3H3. The zero-order valence-electron chi connectivity index (χ0n) is 17.1. The summed E-state index contributed by atoms with van der Waals surface area (Å²) < 4.78 is 1.68. The van der Waals surface area contributed by atoms with Crippen molar-refractivity contribution in [2.24, 2.45) is 0 Å². The molecule has 3 heterocycles. The highest BCUT2D eigenvalue weighted by molar-refractivity contribution is 5.94. The molecule has 150 valence electrons. The first-order valence-corrected chi connectivity index (χ1v) is 9.90. The average molecular weight is 390 g/mol. The van der Waals surface area contributed by atoms with Crippen LogP contribution in [0.15, 0.2) is 54.9 Å². The predicted molar refractivity (Wildman–Crippen MR) is 112 cm³/mol. The van der Waals surface area contributed by atoms with Gasteiger partial charge in [0.05, 0.1) is 0 Å². The lowest BCUT2D eigenvalue weighted by molar-refractivity contribution is 0.0746. The molecule has 0 bridgehead atoms. The summed E-state index contributed by atoms with van der Waals surface area (Å²) in [4.78, 5) is 16.9. The van der Waals surface area contributed by atoms with Gasteiger partial charge in [0.15, 0.2) is 11.6 Å². The second-order valence-electron chi connectivity index (χ2n) is 8.31. The third-order valence-electron chi connectivity index (χ3n) is 5.26. The van der Waals surface area contributed by atoms with E-state index >= 15 is 0 Å². The van der Waals surface area contributed by atoms with Gasteiger partial charge in [-0.05, 0) is 41.3 Å². The van der Waals surface area contributed by atoms with Crippen molar-refractivity contribution in [3.8, 4) is 5.82 Å². The maximum absolute atomic E-state index is 12.8. The fourth-order valence-electron chi connectivity index (χ4n) is 3.45. The molecular weight excluding hydrogens is 364 g/mol. The maximum Gasteiger partial charge on any atom is 0.253 e. The summed E-state index contributed by atoms with van der Waals surface area (Å²) >= 11 is 0. The topological polar surface area (TPSA) is 67.2 Å². The van der Waals surface area contributed by atoms with Gasteiger partial charge < -0.3 is 9.80 Å². The molecule has 0 atom stereocenters. The molecule has 0 unspecified atom stereocenters. The largest absolute Gasteiger partial charge is 0.352 e. The Morgan fingerprint density at radius 3 is 2.10 bits per heavy atom. The van der Waals surface area contributed by atoms with Gasteiger partial charge in [-0.15, -0.1) is 10.2 Å². The Hall–Kier alpha value is -3.22. The van der Waals surface area contributed by atoms with Crippen molar-refractivity contribution in [3.63, 3.8) is 0 Å². The van der Waals surface area contributed by atoms with E-state index in [-0.39, 0.29) is 11.3 Å². The van der Waals surface area contributed by atoms with E-state index in [0.717, 1.165) is 24.5 Å². The van der Waals surface area contributed by atoms with Crippen LogP contribution < -0.4 is 4.90 Å². The van der Waals surface area contributed by atoms with Gasteiger partial charge >= 0.3 is 0 Å². The Bertz CT molecular complexity index is 950. The smallest absolute Gasteiger partial charge is 0.253 e. The number of nitrogens with zero attached hydrogens (tertiary/aromatic N) is 6. The van der Waals surface area contributed by atoms with Gasteiger partial charge in [-0.2, -0.15) is 5.10 Å². The highest BCUT2D eigenvalue weighted by Crippen LogP contribution is 2.23. The van der Waals surface area contributed by atoms with Crippen LogP contribution in [-0.2, 0) is 5.41 Å². The van der Waals surface area contributed by atoms with Crippen LogP contribution in [-0.4, -0.2) is 57.0 Å². The molecule has 0 spiro atoms. The lowest BCUT2D eigenvalue weighted by Gasteiger charge is -2.35. The minimum Gasteiger partial charge on any atom is -0.352 e. The van der Waals surface area contributed by atoms with Crippen LogP contribution in [0.4, 0.5) is 5.82 Å². The van der Waals surface area contributed by atoms with Gasteiger partial charge in [-0.25, -0.2) is 4.68 Å². The lowest BCUT2D eigenvalue weighted by atomic mass is 9.86. The summed E-state index contributed by atoms with van der Waals surface area (Å²) in [5.74, 6) is 1.60. The molecule has 3 aromatic rings. The molecule has 1 fully saturated rings. The normalized spacial score (nSPS) is 14.9. The number of aromatic nitrogens is 4. The van der Waals surface area contributed by atoms with Crippen molar-refractivity contribution < 1.29 is 4.79 Å². The van der Waals surface area contributed by atoms with Gasteiger partial charge in [0.25, 0.3) is 5.91 Å². The van der Waals surface area contributed by atoms with Crippen LogP contribution in [0.5, 0.6) is 0 Å². The van der Waals surface area contributed by atoms with E-state index in [9.17, 15) is 4.79 Å². The van der Waals surface area contributed by atoms with Gasteiger partial charge in [0.2, 0.25) is 0 Å². The average Bonchev–Trinajstić information content (AvgIpc) is 3.28. The molecule has 1 saturated heterocycles. The summed E-state index contributed by atoms with van der Waals surface area (Å²) in [6, 6.07) is 13.7. The van der Waals surface area contributed by atoms with Crippen LogP contribution in [0.2, 0.25) is 0 Å². The SMILES string of the molecule is CC(C)(C)c1ccc(C(=O)N2CCN(c3ccc(-n4cccn4)nn3)CC2)cc1. The fraction of sp³-hybridized carbons (Fsp3) is 0.364. The first-order valence-electron chi connectivity index (χ1n) is 9.90. The number of anilines is 1. The van der Waals surface area contributed by atoms with Crippen LogP contribution >= 0.6 is 0 Å². The number of amides is 1. The van der Waals surface area contributed by atoms with E-state index in [1.165, 1.54) is 5.56 Å². The van der Waals surface area contributed by atoms with E-state index < -0.39 is 0 Å². The molecule has 2 aromatic heterocycles. The summed E-state index contributed by atoms with van der Waals surface area (Å²) in [6.07, 6.45) is 3.55. The van der Waals surface area contributed by atoms with E-state index in [2.05, 4.69) is 53.1 Å². The zero-order valence-corrected chi connectivity index (χ0v) is 17.1. The first kappa shape index (κ1) is 19.1. The van der Waals surface area contributed by atoms with Crippen molar-refractivity contribution in [1.82, 2.24) is 24.9 Å². The molecule has 1 aliphatic heterocycles. The third-order valence-corrected chi connectivity index (χ3v) is 5.26. The van der Waals surface area contributed by atoms with Crippen LogP contribution in [0, 0.1) is 0 Å². The molecule has 7 nitrogen and oxygen atoms in total. The van der Waals surface area contributed by atoms with Crippen molar-refractivity contribution in [3.05, 3.63) is 66.0 Å². The molecule has 7 heteroatoms. The lowest BCUT2D eigenvalue weighted by Crippen LogP contribution is -2.49. The number of rotatable bonds is 3. The Morgan fingerprint density at radius 2 is 1.55 bits per heavy atom. The molecule has 1 aliphatic rings. The van der Waals surface area contributed by atoms with Crippen LogP contribution in [0.3, 0.4) is 0 Å². The Morgan fingerprint density at radius 1 is 0.897 bits per heavy atom. The molecular formula is C22H26N6O. The minimum absolute atomic E-state index is 0.0845. The highest BCUT2D eigenvalue weighted by Gasteiger charge is 2.23. The first-order chi connectivity index (χ1) is 13.9. The Kier molecular flexibility index (Phi) is 5.05. The number of hydrogen-bond donors (Lipinski definition) is 0. The molecule has 0 saturated carbocycles. The molecule has 1 amide bonds. The highest BCUT2D eigenvalue weighted by atomic mass is 16.2. The Labute approximate surface area is 171 Å². The summed E-state index contributed by atoms with van der Waals surface area (Å²) in [5, 5.41) is 12.7. The second kappa shape index (κ2) is 7.66. The minimum atomic E-state index is 0.0845. The quantitative estimate of drug-likeness (QED) is 0.688. The monoisotopic (exact) mass is 390 g/mol. The van der Waals surface area contributed by atoms with Crippen LogP contribution in [0.25, 0.3) is 5.82 Å². The number of carbonyl (C=O) groups excluding carboxylic acids is 1. The number of piperazine rings is 1. The fourth-order valence-corrected chi connectivity index (χ4v) is 3.45. The zero-order chi connectivity index (χ0) is 20.4. The molecule has 4 rings (SSSR count). The van der Waals surface area contributed by atoms with E-state index in [0.29, 0.717) is 18.9 Å². The maximum atomic E-state index is 12.8. The van der Waals surface area contributed by atoms with Gasteiger partial charge in [-0.3, -0.25) is 4.79 Å². The van der Waals surface area contributed by atoms with Crippen molar-refractivity contribution >= 4 is 11.7 Å². The molecule has 1 aromatic carbocycles. The second-order valence-corrected chi connectivity index (χ2v) is 8.31. The molecule has 0 radical (unpaired) electrons. The van der Waals surface area contributed by atoms with Gasteiger partial charge in [-0.1, -0.05) is 32.9 Å². The van der Waals surface area contributed by atoms with Gasteiger partial charge in [0, 0.05) is 44.1 Å². The predicted octanol–water partition coefficient (Wildman–Crippen LogP) is 2.92. The number of carbonyl (C=O) groups is 1. The number of hydrogen-bond acceptors (Lipinski definition) is 5. The summed E-state index contributed by atoms with van der Waals surface area (Å²) in [7, 11) is 0. The van der Waals surface area contributed by atoms with E-state index in [1.54, 1.807) is 10.9 Å². The molecule has 29 heavy (non-hydrogen) atoms. The molecule has 0 N–H and O–H groups in total. The number of benzene rings is 1. The van der Waals surface area contributed by atoms with E-state index in [1.807, 2.05) is 41.4 Å². The Balaban J connectivity index is 1.37. The van der Waals surface area contributed by atoms with Crippen molar-refractivity contribution in [2.75, 3.05) is 31.1 Å². The van der Waals surface area contributed by atoms with E-state index in [4.69, 9.17) is 0 Å². The molecule has 0 aliphatic carbocycles. The van der Waals surface area contributed by atoms with Crippen molar-refractivity contribution in [2.45, 2.75) is 26.2 Å². The van der Waals surface area contributed by atoms with Crippen LogP contribution in [0.1, 0.15) is 36.7 Å². The summed E-state index contributed by atoms with van der Waals surface area (Å²) in [5.41, 5.74) is 2.06. The summed E-state index contributed by atoms with van der Waals surface area (Å²) in [6.45, 7) is 9.34. The van der Waals surface area contributed by atoms with Gasteiger partial charge in [0.1, 0.15) is 0 Å². The van der Waals surface area contributed by atoms with Crippen molar-refractivity contribution in [1.29, 1.82) is 0 Å². The third kappa shape index (κ3) is 4.13.